The van der Waals surface area contributed by atoms with Crippen LogP contribution < -0.4 is 14.9 Å². The molecular formula is C42H55N5O6S. The molecule has 0 spiro atoms. The van der Waals surface area contributed by atoms with Crippen LogP contribution in [0.1, 0.15) is 81.6 Å². The Morgan fingerprint density at radius 2 is 1.69 bits per heavy atom. The van der Waals surface area contributed by atoms with Gasteiger partial charge in [0.25, 0.3) is 21.6 Å². The Hall–Kier alpha value is -4.00. The summed E-state index contributed by atoms with van der Waals surface area (Å²) in [6, 6.07) is 22.6. The van der Waals surface area contributed by atoms with E-state index in [0.29, 0.717) is 49.5 Å². The lowest BCUT2D eigenvalue weighted by Gasteiger charge is -2.64. The SMILES string of the molecule is C[C@H]1[C@@H](N(CCCc2ccccc2)C2CCN(c3ccc(C(=O)NS(=O)(=O)c4ccc(NC5CCOCC5)c([N+](=O)[O-])c4)cc3)CC2)C[C@@H]2C[C@@H]1C2(C)C. The van der Waals surface area contributed by atoms with Gasteiger partial charge in [-0.05, 0) is 123 Å². The van der Waals surface area contributed by atoms with Crippen molar-refractivity contribution in [1.82, 2.24) is 9.62 Å². The molecule has 3 saturated carbocycles. The van der Waals surface area contributed by atoms with Crippen LogP contribution in [-0.4, -0.2) is 75.1 Å². The highest BCUT2D eigenvalue weighted by atomic mass is 32.2. The van der Waals surface area contributed by atoms with E-state index in [1.807, 2.05) is 12.1 Å². The smallest absolute Gasteiger partial charge is 0.293 e. The lowest BCUT2D eigenvalue weighted by atomic mass is 9.44. The van der Waals surface area contributed by atoms with E-state index in [2.05, 4.69) is 70.9 Å². The van der Waals surface area contributed by atoms with Crippen LogP contribution in [0.4, 0.5) is 17.1 Å². The molecule has 2 N–H and O–H groups in total. The molecule has 5 fully saturated rings. The first-order valence-corrected chi connectivity index (χ1v) is 21.2. The number of nitrogens with one attached hydrogen (secondary N) is 2. The number of ether oxygens (including phenoxy) is 1. The molecule has 12 heteroatoms. The summed E-state index contributed by atoms with van der Waals surface area (Å²) < 4.78 is 33.9. The van der Waals surface area contributed by atoms with Gasteiger partial charge in [-0.15, -0.1) is 0 Å². The molecule has 3 aromatic rings. The van der Waals surface area contributed by atoms with Crippen LogP contribution in [0.2, 0.25) is 0 Å². The van der Waals surface area contributed by atoms with Gasteiger partial charge in [0.05, 0.1) is 9.82 Å². The number of aryl methyl sites for hydroxylation is 1. The van der Waals surface area contributed by atoms with Crippen LogP contribution in [0.25, 0.3) is 0 Å². The zero-order chi connectivity index (χ0) is 38.0. The quantitative estimate of drug-likeness (QED) is 0.136. The van der Waals surface area contributed by atoms with E-state index in [1.54, 1.807) is 12.1 Å². The summed E-state index contributed by atoms with van der Waals surface area (Å²) in [5, 5.41) is 15.0. The highest BCUT2D eigenvalue weighted by molar-refractivity contribution is 7.90. The van der Waals surface area contributed by atoms with Crippen molar-refractivity contribution in [3.05, 3.63) is 94.0 Å². The van der Waals surface area contributed by atoms with Gasteiger partial charge in [-0.25, -0.2) is 13.1 Å². The van der Waals surface area contributed by atoms with Crippen molar-refractivity contribution >= 4 is 33.0 Å². The predicted molar refractivity (Wildman–Crippen MR) is 211 cm³/mol. The molecule has 0 radical (unpaired) electrons. The molecule has 0 aromatic heterocycles. The first-order valence-electron chi connectivity index (χ1n) is 19.8. The molecule has 5 aliphatic rings. The predicted octanol–water partition coefficient (Wildman–Crippen LogP) is 7.28. The second-order valence-corrected chi connectivity index (χ2v) is 18.2. The number of fused-ring (bicyclic) bond motifs is 2. The Labute approximate surface area is 320 Å². The number of nitrogens with zero attached hydrogens (tertiary/aromatic N) is 3. The van der Waals surface area contributed by atoms with Crippen LogP contribution >= 0.6 is 0 Å². The van der Waals surface area contributed by atoms with Gasteiger partial charge in [-0.1, -0.05) is 51.1 Å². The highest BCUT2D eigenvalue weighted by Gasteiger charge is 2.57. The van der Waals surface area contributed by atoms with E-state index >= 15 is 0 Å². The van der Waals surface area contributed by atoms with Crippen LogP contribution in [0.15, 0.2) is 77.7 Å². The van der Waals surface area contributed by atoms with Crippen molar-refractivity contribution in [2.75, 3.05) is 43.1 Å². The summed E-state index contributed by atoms with van der Waals surface area (Å²) in [6.07, 6.45) is 8.46. The van der Waals surface area contributed by atoms with Gasteiger partial charge in [0, 0.05) is 61.7 Å². The Bertz CT molecular complexity index is 1890. The number of sulfonamides is 1. The minimum Gasteiger partial charge on any atom is -0.381 e. The summed E-state index contributed by atoms with van der Waals surface area (Å²) in [6.45, 7) is 11.5. The molecule has 0 unspecified atom stereocenters. The maximum absolute atomic E-state index is 13.2. The van der Waals surface area contributed by atoms with Gasteiger partial charge in [-0.3, -0.25) is 19.8 Å². The summed E-state index contributed by atoms with van der Waals surface area (Å²) in [5.74, 6) is 1.51. The normalized spacial score (nSPS) is 24.5. The molecule has 2 saturated heterocycles. The first-order chi connectivity index (χ1) is 25.9. The number of carbonyl (C=O) groups excluding carboxylic acids is 1. The molecule has 3 aliphatic carbocycles. The summed E-state index contributed by atoms with van der Waals surface area (Å²) >= 11 is 0. The Morgan fingerprint density at radius 3 is 2.33 bits per heavy atom. The van der Waals surface area contributed by atoms with Gasteiger partial charge in [0.1, 0.15) is 5.69 Å². The zero-order valence-corrected chi connectivity index (χ0v) is 32.6. The largest absolute Gasteiger partial charge is 0.381 e. The van der Waals surface area contributed by atoms with E-state index < -0.39 is 20.9 Å². The fraction of sp³-hybridized carbons (Fsp3) is 0.548. The van der Waals surface area contributed by atoms with E-state index in [0.717, 1.165) is 68.9 Å². The number of carbonyl (C=O) groups is 1. The van der Waals surface area contributed by atoms with Gasteiger partial charge >= 0.3 is 0 Å². The summed E-state index contributed by atoms with van der Waals surface area (Å²) in [4.78, 5) is 29.3. The Morgan fingerprint density at radius 1 is 0.981 bits per heavy atom. The van der Waals surface area contributed by atoms with E-state index in [4.69, 9.17) is 4.74 Å². The fourth-order valence-corrected chi connectivity index (χ4v) is 10.8. The molecule has 3 aromatic carbocycles. The first kappa shape index (κ1) is 38.3. The molecule has 1 amide bonds. The molecule has 54 heavy (non-hydrogen) atoms. The van der Waals surface area contributed by atoms with Gasteiger partial charge in [-0.2, -0.15) is 0 Å². The number of nitro groups is 1. The van der Waals surface area contributed by atoms with E-state index in [1.165, 1.54) is 30.5 Å². The second-order valence-electron chi connectivity index (χ2n) is 16.5. The van der Waals surface area contributed by atoms with Crippen LogP contribution in [0, 0.1) is 33.3 Å². The monoisotopic (exact) mass is 757 g/mol. The number of nitro benzene ring substituents is 1. The third-order valence-corrected chi connectivity index (χ3v) is 14.5. The molecular weight excluding hydrogens is 703 g/mol. The third-order valence-electron chi connectivity index (χ3n) is 13.2. The number of hydrogen-bond donors (Lipinski definition) is 2. The molecule has 8 rings (SSSR count). The second kappa shape index (κ2) is 16.0. The number of anilines is 2. The van der Waals surface area contributed by atoms with Gasteiger partial charge in [0.15, 0.2) is 0 Å². The topological polar surface area (TPSA) is 134 Å². The Balaban J connectivity index is 0.966. The molecule has 2 heterocycles. The number of benzene rings is 3. The average molecular weight is 758 g/mol. The zero-order valence-electron chi connectivity index (χ0n) is 31.8. The number of hydrogen-bond acceptors (Lipinski definition) is 9. The fourth-order valence-electron chi connectivity index (χ4n) is 9.82. The highest BCUT2D eigenvalue weighted by Crippen LogP contribution is 2.62. The Kier molecular flexibility index (Phi) is 11.3. The van der Waals surface area contributed by atoms with Crippen LogP contribution in [0.5, 0.6) is 0 Å². The maximum Gasteiger partial charge on any atom is 0.293 e. The van der Waals surface area contributed by atoms with Crippen LogP contribution in [-0.2, 0) is 21.2 Å². The van der Waals surface area contributed by atoms with E-state index in [9.17, 15) is 23.3 Å². The minimum absolute atomic E-state index is 0.0116. The molecule has 2 aliphatic heterocycles. The van der Waals surface area contributed by atoms with Crippen molar-refractivity contribution < 1.29 is 22.9 Å². The number of piperidine rings is 1. The standard InChI is InChI=1S/C42H55N5O6S/c1-29-37-26-32(42(37,2)3)27-39(29)46(21-7-10-30-8-5-4-6-9-30)35-17-22-45(23-18-35)34-13-11-31(12-14-34)41(48)44-54(51,52)36-15-16-38(40(28-36)47(49)50)43-33-19-24-53-25-20-33/h4-6,8-9,11-16,28-29,32-33,35,37,39,43H,7,10,17-27H2,1-3H3,(H,44,48)/t29-,32+,37+,39+/m1/s1. The van der Waals surface area contributed by atoms with Crippen molar-refractivity contribution in [2.45, 2.75) is 95.2 Å². The van der Waals surface area contributed by atoms with Gasteiger partial charge < -0.3 is 15.0 Å². The van der Waals surface area contributed by atoms with Crippen molar-refractivity contribution in [3.8, 4) is 0 Å². The molecule has 290 valence electrons. The number of rotatable bonds is 13. The lowest BCUT2D eigenvalue weighted by molar-refractivity contribution is -0.384. The average Bonchev–Trinajstić information content (AvgIpc) is 3.17. The van der Waals surface area contributed by atoms with Crippen LogP contribution in [0.3, 0.4) is 0 Å². The van der Waals surface area contributed by atoms with E-state index in [-0.39, 0.29) is 27.9 Å². The minimum atomic E-state index is -4.37. The number of amides is 1. The summed E-state index contributed by atoms with van der Waals surface area (Å²) in [5.41, 5.74) is 2.92. The molecule has 11 nitrogen and oxygen atoms in total. The van der Waals surface area contributed by atoms with Crippen molar-refractivity contribution in [3.63, 3.8) is 0 Å². The van der Waals surface area contributed by atoms with Gasteiger partial charge in [0.2, 0.25) is 0 Å². The molecule has 2 bridgehead atoms. The van der Waals surface area contributed by atoms with Crippen molar-refractivity contribution in [1.29, 1.82) is 0 Å². The summed E-state index contributed by atoms with van der Waals surface area (Å²) in [7, 11) is -4.37. The van der Waals surface area contributed by atoms with Crippen molar-refractivity contribution in [2.24, 2.45) is 23.2 Å². The third kappa shape index (κ3) is 8.16. The molecule has 4 atom stereocenters. The maximum atomic E-state index is 13.2. The lowest BCUT2D eigenvalue weighted by Crippen LogP contribution is -2.63.